The van der Waals surface area contributed by atoms with Crippen LogP contribution in [0.25, 0.3) is 10.9 Å². The summed E-state index contributed by atoms with van der Waals surface area (Å²) in [5.74, 6) is 0.918. The lowest BCUT2D eigenvalue weighted by molar-refractivity contribution is 0.799. The molecule has 0 fully saturated rings. The number of aryl methyl sites for hydroxylation is 1. The summed E-state index contributed by atoms with van der Waals surface area (Å²) in [5, 5.41) is 5.53. The molecule has 2 aromatic carbocycles. The highest BCUT2D eigenvalue weighted by atomic mass is 35.5. The highest BCUT2D eigenvalue weighted by Crippen LogP contribution is 2.30. The van der Waals surface area contributed by atoms with E-state index in [9.17, 15) is 0 Å². The van der Waals surface area contributed by atoms with Gasteiger partial charge in [-0.15, -0.1) is 12.4 Å². The first-order valence-corrected chi connectivity index (χ1v) is 9.48. The number of hydrogen-bond acceptors (Lipinski definition) is 2. The van der Waals surface area contributed by atoms with E-state index in [1.54, 1.807) is 0 Å². The standard InChI is InChI=1S/C23H22ClN3.ClH/c1-16-17(2)27(15-19-8-10-20(24)11-9-19)22-21(16)12-13-25-23(22)26-14-18-6-4-3-5-7-18;/h3-13H,14-15H2,1-2H3,(H,25,26);1H. The third kappa shape index (κ3) is 4.01. The van der Waals surface area contributed by atoms with Gasteiger partial charge in [0.25, 0.3) is 0 Å². The number of rotatable bonds is 5. The van der Waals surface area contributed by atoms with Crippen molar-refractivity contribution in [3.63, 3.8) is 0 Å². The van der Waals surface area contributed by atoms with Crippen molar-refractivity contribution < 1.29 is 0 Å². The number of benzene rings is 2. The van der Waals surface area contributed by atoms with Crippen molar-refractivity contribution in [2.24, 2.45) is 0 Å². The maximum absolute atomic E-state index is 6.04. The minimum absolute atomic E-state index is 0. The molecule has 1 N–H and O–H groups in total. The van der Waals surface area contributed by atoms with Gasteiger partial charge < -0.3 is 9.88 Å². The fourth-order valence-electron chi connectivity index (χ4n) is 3.48. The van der Waals surface area contributed by atoms with E-state index in [-0.39, 0.29) is 12.4 Å². The molecule has 2 aromatic heterocycles. The second-order valence-electron chi connectivity index (χ2n) is 6.82. The first-order chi connectivity index (χ1) is 13.1. The van der Waals surface area contributed by atoms with Crippen molar-refractivity contribution in [1.29, 1.82) is 0 Å². The Balaban J connectivity index is 0.00000225. The van der Waals surface area contributed by atoms with Crippen LogP contribution in [0.15, 0.2) is 66.9 Å². The van der Waals surface area contributed by atoms with Gasteiger partial charge >= 0.3 is 0 Å². The van der Waals surface area contributed by atoms with Gasteiger partial charge in [-0.3, -0.25) is 0 Å². The van der Waals surface area contributed by atoms with E-state index in [1.807, 2.05) is 24.4 Å². The monoisotopic (exact) mass is 411 g/mol. The van der Waals surface area contributed by atoms with Crippen LogP contribution in [0.1, 0.15) is 22.4 Å². The maximum Gasteiger partial charge on any atom is 0.150 e. The molecule has 0 saturated heterocycles. The largest absolute Gasteiger partial charge is 0.364 e. The number of halogens is 2. The zero-order valence-electron chi connectivity index (χ0n) is 15.9. The number of nitrogens with one attached hydrogen (secondary N) is 1. The van der Waals surface area contributed by atoms with Crippen LogP contribution < -0.4 is 5.32 Å². The molecule has 28 heavy (non-hydrogen) atoms. The molecule has 0 bridgehead atoms. The van der Waals surface area contributed by atoms with Crippen LogP contribution in [0.2, 0.25) is 5.02 Å². The summed E-state index contributed by atoms with van der Waals surface area (Å²) in [7, 11) is 0. The van der Waals surface area contributed by atoms with Crippen molar-refractivity contribution in [2.75, 3.05) is 5.32 Å². The Labute approximate surface area is 176 Å². The Morgan fingerprint density at radius 2 is 1.64 bits per heavy atom. The van der Waals surface area contributed by atoms with E-state index in [0.29, 0.717) is 0 Å². The smallest absolute Gasteiger partial charge is 0.150 e. The van der Waals surface area contributed by atoms with Gasteiger partial charge in [-0.1, -0.05) is 54.1 Å². The summed E-state index contributed by atoms with van der Waals surface area (Å²) < 4.78 is 2.34. The van der Waals surface area contributed by atoms with E-state index >= 15 is 0 Å². The molecule has 0 unspecified atom stereocenters. The number of nitrogens with zero attached hydrogens (tertiary/aromatic N) is 2. The van der Waals surface area contributed by atoms with E-state index in [1.165, 1.54) is 27.8 Å². The zero-order chi connectivity index (χ0) is 18.8. The average molecular weight is 412 g/mol. The molecule has 5 heteroatoms. The Morgan fingerprint density at radius 3 is 2.36 bits per heavy atom. The Bertz CT molecular complexity index is 1070. The minimum atomic E-state index is 0. The first kappa shape index (κ1) is 20.2. The normalized spacial score (nSPS) is 10.7. The zero-order valence-corrected chi connectivity index (χ0v) is 17.5. The van der Waals surface area contributed by atoms with Crippen molar-refractivity contribution in [2.45, 2.75) is 26.9 Å². The molecular weight excluding hydrogens is 389 g/mol. The Hall–Kier alpha value is -2.49. The Morgan fingerprint density at radius 1 is 0.929 bits per heavy atom. The van der Waals surface area contributed by atoms with Crippen LogP contribution in [0.4, 0.5) is 5.82 Å². The molecule has 0 spiro atoms. The van der Waals surface area contributed by atoms with Crippen LogP contribution in [-0.4, -0.2) is 9.55 Å². The predicted octanol–water partition coefficient (Wildman–Crippen LogP) is 6.39. The van der Waals surface area contributed by atoms with Gasteiger partial charge in [0, 0.05) is 35.4 Å². The molecule has 4 aromatic rings. The predicted molar refractivity (Wildman–Crippen MR) is 121 cm³/mol. The van der Waals surface area contributed by atoms with Gasteiger partial charge in [-0.25, -0.2) is 4.98 Å². The SMILES string of the molecule is Cc1c(C)n(Cc2ccc(Cl)cc2)c2c(NCc3ccccc3)nccc12.Cl. The fourth-order valence-corrected chi connectivity index (χ4v) is 3.60. The van der Waals surface area contributed by atoms with E-state index < -0.39 is 0 Å². The second-order valence-corrected chi connectivity index (χ2v) is 7.25. The summed E-state index contributed by atoms with van der Waals surface area (Å²) in [5.41, 5.74) is 6.16. The molecule has 4 rings (SSSR count). The van der Waals surface area contributed by atoms with Gasteiger partial charge in [0.1, 0.15) is 0 Å². The van der Waals surface area contributed by atoms with Crippen molar-refractivity contribution in [3.05, 3.63) is 94.3 Å². The lowest BCUT2D eigenvalue weighted by Gasteiger charge is -2.13. The fraction of sp³-hybridized carbons (Fsp3) is 0.174. The lowest BCUT2D eigenvalue weighted by Crippen LogP contribution is -2.07. The number of pyridine rings is 1. The first-order valence-electron chi connectivity index (χ1n) is 9.10. The van der Waals surface area contributed by atoms with Crippen LogP contribution in [0, 0.1) is 13.8 Å². The topological polar surface area (TPSA) is 29.9 Å². The van der Waals surface area contributed by atoms with Crippen molar-refractivity contribution in [1.82, 2.24) is 9.55 Å². The van der Waals surface area contributed by atoms with Crippen molar-refractivity contribution in [3.8, 4) is 0 Å². The summed E-state index contributed by atoms with van der Waals surface area (Å²) in [6.45, 7) is 5.89. The van der Waals surface area contributed by atoms with Gasteiger partial charge in [0.15, 0.2) is 5.82 Å². The van der Waals surface area contributed by atoms with Crippen molar-refractivity contribution >= 4 is 40.7 Å². The molecule has 0 atom stereocenters. The molecular formula is C23H23Cl2N3. The van der Waals surface area contributed by atoms with Crippen LogP contribution in [-0.2, 0) is 13.1 Å². The maximum atomic E-state index is 6.04. The third-order valence-corrected chi connectivity index (χ3v) is 5.35. The van der Waals surface area contributed by atoms with E-state index in [2.05, 4.69) is 71.2 Å². The number of fused-ring (bicyclic) bond motifs is 1. The minimum Gasteiger partial charge on any atom is -0.364 e. The van der Waals surface area contributed by atoms with E-state index in [0.717, 1.165) is 29.4 Å². The number of hydrogen-bond donors (Lipinski definition) is 1. The Kier molecular flexibility index (Phi) is 6.28. The third-order valence-electron chi connectivity index (χ3n) is 5.10. The molecule has 0 aliphatic heterocycles. The molecule has 0 saturated carbocycles. The lowest BCUT2D eigenvalue weighted by atomic mass is 10.2. The van der Waals surface area contributed by atoms with Crippen LogP contribution in [0.5, 0.6) is 0 Å². The number of aromatic nitrogens is 2. The molecule has 2 heterocycles. The summed E-state index contributed by atoms with van der Waals surface area (Å²) in [6.07, 6.45) is 1.88. The van der Waals surface area contributed by atoms with Gasteiger partial charge in [0.05, 0.1) is 5.52 Å². The average Bonchev–Trinajstić information content (AvgIpc) is 2.94. The van der Waals surface area contributed by atoms with E-state index in [4.69, 9.17) is 11.6 Å². The number of anilines is 1. The molecule has 0 aliphatic carbocycles. The van der Waals surface area contributed by atoms with Gasteiger partial charge in [-0.05, 0) is 48.7 Å². The highest BCUT2D eigenvalue weighted by molar-refractivity contribution is 6.30. The van der Waals surface area contributed by atoms with Gasteiger partial charge in [-0.2, -0.15) is 0 Å². The summed E-state index contributed by atoms with van der Waals surface area (Å²) >= 11 is 6.04. The summed E-state index contributed by atoms with van der Waals surface area (Å²) in [4.78, 5) is 4.64. The molecule has 144 valence electrons. The van der Waals surface area contributed by atoms with Crippen LogP contribution in [0.3, 0.4) is 0 Å². The molecule has 3 nitrogen and oxygen atoms in total. The molecule has 0 radical (unpaired) electrons. The highest BCUT2D eigenvalue weighted by Gasteiger charge is 2.15. The van der Waals surface area contributed by atoms with Crippen LogP contribution >= 0.6 is 24.0 Å². The molecule has 0 aliphatic rings. The quantitative estimate of drug-likeness (QED) is 0.412. The summed E-state index contributed by atoms with van der Waals surface area (Å²) in [6, 6.07) is 20.5. The second kappa shape index (κ2) is 8.68. The molecule has 0 amide bonds. The van der Waals surface area contributed by atoms with Gasteiger partial charge in [0.2, 0.25) is 0 Å².